The summed E-state index contributed by atoms with van der Waals surface area (Å²) in [4.78, 5) is 35.6. The zero-order valence-corrected chi connectivity index (χ0v) is 28.6. The highest BCUT2D eigenvalue weighted by Crippen LogP contribution is 2.50. The molecule has 4 atom stereocenters. The van der Waals surface area contributed by atoms with E-state index in [1.807, 2.05) is 68.3 Å². The van der Waals surface area contributed by atoms with E-state index in [9.17, 15) is 9.59 Å². The van der Waals surface area contributed by atoms with E-state index in [-0.39, 0.29) is 41.2 Å². The minimum atomic E-state index is -0.743. The Morgan fingerprint density at radius 2 is 1.52 bits per heavy atom. The molecule has 1 N–H and O–H groups in total. The minimum absolute atomic E-state index is 0.0632. The lowest BCUT2D eigenvalue weighted by Crippen LogP contribution is -2.51. The van der Waals surface area contributed by atoms with Crippen LogP contribution in [0.2, 0.25) is 0 Å². The van der Waals surface area contributed by atoms with Gasteiger partial charge >= 0.3 is 5.97 Å². The van der Waals surface area contributed by atoms with Crippen molar-refractivity contribution < 1.29 is 19.1 Å². The molecule has 0 unspecified atom stereocenters. The number of aromatic nitrogens is 1. The zero-order chi connectivity index (χ0) is 33.1. The number of methoxy groups -OCH3 is 1. The second-order valence-electron chi connectivity index (χ2n) is 15.0. The molecule has 0 bridgehead atoms. The maximum Gasteiger partial charge on any atom is 0.329 e. The van der Waals surface area contributed by atoms with Crippen LogP contribution >= 0.6 is 0 Å². The lowest BCUT2D eigenvalue weighted by atomic mass is 9.72. The van der Waals surface area contributed by atoms with Crippen molar-refractivity contribution in [2.75, 3.05) is 7.11 Å². The van der Waals surface area contributed by atoms with E-state index >= 15 is 0 Å². The average Bonchev–Trinajstić information content (AvgIpc) is 3.40. The molecule has 2 fully saturated rings. The Morgan fingerprint density at radius 3 is 2.11 bits per heavy atom. The summed E-state index contributed by atoms with van der Waals surface area (Å²) in [6.45, 7) is 12.6. The van der Waals surface area contributed by atoms with Crippen LogP contribution in [0.5, 0.6) is 5.88 Å². The molecule has 0 spiro atoms. The summed E-state index contributed by atoms with van der Waals surface area (Å²) >= 11 is 0. The summed E-state index contributed by atoms with van der Waals surface area (Å²) in [5.41, 5.74) is 2.95. The van der Waals surface area contributed by atoms with Crippen LogP contribution < -0.4 is 10.1 Å². The fourth-order valence-electron chi connectivity index (χ4n) is 7.46. The van der Waals surface area contributed by atoms with Crippen LogP contribution in [0.1, 0.15) is 90.8 Å². The van der Waals surface area contributed by atoms with Gasteiger partial charge in [0, 0.05) is 41.7 Å². The van der Waals surface area contributed by atoms with Crippen LogP contribution in [-0.2, 0) is 20.9 Å². The summed E-state index contributed by atoms with van der Waals surface area (Å²) in [6.07, 6.45) is 6.75. The number of pyridine rings is 1. The van der Waals surface area contributed by atoms with Gasteiger partial charge in [0.25, 0.3) is 0 Å². The van der Waals surface area contributed by atoms with Crippen molar-refractivity contribution >= 4 is 11.9 Å². The first kappa shape index (κ1) is 33.6. The molecular formula is C39H51N3O4. The number of likely N-dealkylation sites (tertiary alicyclic amines) is 1. The van der Waals surface area contributed by atoms with Gasteiger partial charge in [0.1, 0.15) is 11.6 Å². The van der Waals surface area contributed by atoms with Crippen molar-refractivity contribution in [3.8, 4) is 17.0 Å². The van der Waals surface area contributed by atoms with Crippen LogP contribution in [-0.4, -0.2) is 46.6 Å². The van der Waals surface area contributed by atoms with Crippen LogP contribution in [0.4, 0.5) is 0 Å². The first-order chi connectivity index (χ1) is 21.9. The number of rotatable bonds is 8. The van der Waals surface area contributed by atoms with E-state index in [2.05, 4.69) is 61.4 Å². The maximum absolute atomic E-state index is 14.7. The van der Waals surface area contributed by atoms with Gasteiger partial charge in [0.15, 0.2) is 0 Å². The Bertz CT molecular complexity index is 1470. The number of amides is 1. The molecule has 1 saturated carbocycles. The number of carbonyl (C=O) groups is 2. The molecule has 7 nitrogen and oxygen atoms in total. The average molecular weight is 626 g/mol. The molecule has 1 saturated heterocycles. The van der Waals surface area contributed by atoms with E-state index in [1.165, 1.54) is 0 Å². The number of nitrogens with one attached hydrogen (secondary N) is 1. The summed E-state index contributed by atoms with van der Waals surface area (Å²) < 4.78 is 11.8. The Balaban J connectivity index is 1.61. The lowest BCUT2D eigenvalue weighted by molar-refractivity contribution is -0.168. The van der Waals surface area contributed by atoms with Gasteiger partial charge in [-0.05, 0) is 56.2 Å². The quantitative estimate of drug-likeness (QED) is 0.258. The van der Waals surface area contributed by atoms with Crippen LogP contribution in [0.3, 0.4) is 0 Å². The summed E-state index contributed by atoms with van der Waals surface area (Å²) in [5, 5.41) is 3.87. The van der Waals surface area contributed by atoms with E-state index < -0.39 is 11.6 Å². The molecule has 5 rings (SSSR count). The predicted octanol–water partition coefficient (Wildman–Crippen LogP) is 7.75. The van der Waals surface area contributed by atoms with Crippen LogP contribution in [0, 0.1) is 17.3 Å². The van der Waals surface area contributed by atoms with Gasteiger partial charge in [-0.1, -0.05) is 101 Å². The first-order valence-electron chi connectivity index (χ1n) is 16.8. The van der Waals surface area contributed by atoms with Crippen molar-refractivity contribution in [2.45, 2.75) is 104 Å². The Kier molecular flexibility index (Phi) is 10.2. The molecule has 46 heavy (non-hydrogen) atoms. The lowest BCUT2D eigenvalue weighted by Gasteiger charge is -2.38. The molecule has 7 heteroatoms. The van der Waals surface area contributed by atoms with Crippen LogP contribution in [0.15, 0.2) is 72.9 Å². The topological polar surface area (TPSA) is 80.8 Å². The molecule has 2 aliphatic rings. The van der Waals surface area contributed by atoms with E-state index in [1.54, 1.807) is 7.11 Å². The number of benzene rings is 2. The third-order valence-corrected chi connectivity index (χ3v) is 9.42. The number of carbonyl (C=O) groups excluding carboxylic acids is 2. The van der Waals surface area contributed by atoms with Crippen molar-refractivity contribution in [1.29, 1.82) is 0 Å². The molecule has 2 heterocycles. The van der Waals surface area contributed by atoms with Crippen molar-refractivity contribution in [2.24, 2.45) is 17.3 Å². The normalized spacial score (nSPS) is 22.5. The van der Waals surface area contributed by atoms with Gasteiger partial charge in [-0.2, -0.15) is 0 Å². The minimum Gasteiger partial charge on any atom is -0.481 e. The largest absolute Gasteiger partial charge is 0.481 e. The van der Waals surface area contributed by atoms with Gasteiger partial charge in [0.05, 0.1) is 13.2 Å². The summed E-state index contributed by atoms with van der Waals surface area (Å²) in [6, 6.07) is 21.1. The second kappa shape index (κ2) is 14.0. The van der Waals surface area contributed by atoms with E-state index in [0.29, 0.717) is 12.4 Å². The zero-order valence-electron chi connectivity index (χ0n) is 28.6. The second-order valence-corrected chi connectivity index (χ2v) is 15.0. The van der Waals surface area contributed by atoms with Crippen molar-refractivity contribution in [3.05, 3.63) is 84.1 Å². The SMILES string of the molecule is COc1ncc(-c2ccccc2)cc1CN[C@H]1[C@H](C(C)(C)C)[C@@H](C(=O)OC(C)(C)C)N(C(=O)C2CCCCC2)[C@H]1c1ccccc1. The molecule has 1 aliphatic heterocycles. The van der Waals surface area contributed by atoms with Gasteiger partial charge in [-0.3, -0.25) is 4.79 Å². The molecule has 0 radical (unpaired) electrons. The van der Waals surface area contributed by atoms with Gasteiger partial charge < -0.3 is 19.7 Å². The Morgan fingerprint density at radius 1 is 0.891 bits per heavy atom. The fraction of sp³-hybridized carbons (Fsp3) is 0.513. The fourth-order valence-corrected chi connectivity index (χ4v) is 7.46. The summed E-state index contributed by atoms with van der Waals surface area (Å²) in [5.74, 6) is -0.0690. The van der Waals surface area contributed by atoms with E-state index in [4.69, 9.17) is 9.47 Å². The smallest absolute Gasteiger partial charge is 0.329 e. The third kappa shape index (κ3) is 7.46. The monoisotopic (exact) mass is 625 g/mol. The van der Waals surface area contributed by atoms with Crippen molar-refractivity contribution in [1.82, 2.24) is 15.2 Å². The number of nitrogens with zero attached hydrogens (tertiary/aromatic N) is 2. The van der Waals surface area contributed by atoms with E-state index in [0.717, 1.165) is 54.4 Å². The Hall–Kier alpha value is -3.71. The number of hydrogen-bond acceptors (Lipinski definition) is 6. The molecule has 2 aromatic carbocycles. The predicted molar refractivity (Wildman–Crippen MR) is 182 cm³/mol. The molecule has 1 aliphatic carbocycles. The molecular weight excluding hydrogens is 574 g/mol. The highest BCUT2D eigenvalue weighted by molar-refractivity contribution is 5.88. The number of hydrogen-bond donors (Lipinski definition) is 1. The third-order valence-electron chi connectivity index (χ3n) is 9.42. The molecule has 3 aromatic rings. The molecule has 1 amide bonds. The number of ether oxygens (including phenoxy) is 2. The highest BCUT2D eigenvalue weighted by atomic mass is 16.6. The standard InChI is InChI=1S/C39H51N3O4/c1-38(2,3)31-32(40-25-30-23-29(24-41-35(30)45-7)26-17-11-8-12-18-26)33(27-19-13-9-14-20-27)42(34(31)37(44)46-39(4,5)6)36(43)28-21-15-10-16-22-28/h8-9,11-14,17-20,23-24,28,31-34,40H,10,15-16,21-22,25H2,1-7H3/t31-,32-,33-,34-/m0/s1. The first-order valence-corrected chi connectivity index (χ1v) is 16.8. The van der Waals surface area contributed by atoms with Gasteiger partial charge in [0.2, 0.25) is 11.8 Å². The van der Waals surface area contributed by atoms with Gasteiger partial charge in [-0.15, -0.1) is 0 Å². The number of esters is 1. The summed E-state index contributed by atoms with van der Waals surface area (Å²) in [7, 11) is 1.64. The molecule has 246 valence electrons. The van der Waals surface area contributed by atoms with Gasteiger partial charge in [-0.25, -0.2) is 9.78 Å². The molecule has 1 aromatic heterocycles. The highest BCUT2D eigenvalue weighted by Gasteiger charge is 2.59. The van der Waals surface area contributed by atoms with Crippen molar-refractivity contribution in [3.63, 3.8) is 0 Å². The van der Waals surface area contributed by atoms with Crippen LogP contribution in [0.25, 0.3) is 11.1 Å². The Labute approximate surface area is 275 Å². The maximum atomic E-state index is 14.7.